The second-order valence-electron chi connectivity index (χ2n) is 12.9. The third-order valence-corrected chi connectivity index (χ3v) is 11.9. The van der Waals surface area contributed by atoms with Crippen molar-refractivity contribution in [3.8, 4) is 5.75 Å². The second kappa shape index (κ2) is 14.8. The molecule has 5 aromatic rings. The lowest BCUT2D eigenvalue weighted by Crippen LogP contribution is -2.77. The van der Waals surface area contributed by atoms with Crippen molar-refractivity contribution in [2.75, 3.05) is 19.6 Å². The number of H-pyrrole nitrogens is 1. The van der Waals surface area contributed by atoms with Gasteiger partial charge in [-0.1, -0.05) is 78.3 Å². The van der Waals surface area contributed by atoms with E-state index in [1.807, 2.05) is 42.5 Å². The molecule has 2 saturated heterocycles. The number of fused-ring (bicyclic) bond motifs is 2. The number of carbonyl (C=O) groups excluding carboxylic acids is 3. The Kier molecular flexibility index (Phi) is 9.97. The van der Waals surface area contributed by atoms with Crippen molar-refractivity contribution in [2.45, 2.75) is 35.4 Å². The number of rotatable bonds is 10. The molecule has 0 radical (unpaired) electrons. The second-order valence-corrected chi connectivity index (χ2v) is 15.4. The van der Waals surface area contributed by atoms with Gasteiger partial charge in [0.05, 0.1) is 23.5 Å². The van der Waals surface area contributed by atoms with Gasteiger partial charge in [0.2, 0.25) is 21.7 Å². The Bertz CT molecular complexity index is 2270. The number of urea groups is 1. The zero-order valence-corrected chi connectivity index (χ0v) is 30.1. The number of phenols is 1. The molecule has 12 nitrogen and oxygen atoms in total. The highest BCUT2D eigenvalue weighted by Gasteiger charge is 2.54. The SMILES string of the molecule is C=CCN1CC(=O)N2C(Cc3ccc(O)cc3)C(=O)N(C(c3cccc4cc[nH]c34)S(=O)(=O)c3ccc(Cl)cc3)C[C@@H]2N1C(=O)NCc1ccccc1. The fourth-order valence-electron chi connectivity index (χ4n) is 7.15. The number of phenolic OH excluding ortho intramolecular Hbond substituents is 1. The van der Waals surface area contributed by atoms with Gasteiger partial charge in [-0.3, -0.25) is 9.59 Å². The van der Waals surface area contributed by atoms with Crippen molar-refractivity contribution in [1.82, 2.24) is 30.1 Å². The first-order valence-electron chi connectivity index (χ1n) is 17.0. The zero-order valence-electron chi connectivity index (χ0n) is 28.5. The number of hydrazine groups is 1. The number of piperazine rings is 1. The highest BCUT2D eigenvalue weighted by atomic mass is 35.5. The maximum absolute atomic E-state index is 15.1. The molecule has 53 heavy (non-hydrogen) atoms. The van der Waals surface area contributed by atoms with Gasteiger partial charge in [-0.2, -0.15) is 0 Å². The first-order valence-corrected chi connectivity index (χ1v) is 18.9. The molecule has 3 N–H and O–H groups in total. The highest BCUT2D eigenvalue weighted by Crippen LogP contribution is 2.40. The third kappa shape index (κ3) is 6.98. The largest absolute Gasteiger partial charge is 0.508 e. The van der Waals surface area contributed by atoms with Gasteiger partial charge in [0.15, 0.2) is 5.37 Å². The number of hydrogen-bond donors (Lipinski definition) is 3. The first-order chi connectivity index (χ1) is 25.6. The van der Waals surface area contributed by atoms with E-state index in [-0.39, 0.29) is 43.2 Å². The molecular weight excluding hydrogens is 716 g/mol. The van der Waals surface area contributed by atoms with Crippen LogP contribution in [0.25, 0.3) is 10.9 Å². The van der Waals surface area contributed by atoms with Gasteiger partial charge in [-0.25, -0.2) is 23.2 Å². The topological polar surface area (TPSA) is 146 Å². The van der Waals surface area contributed by atoms with Gasteiger partial charge >= 0.3 is 6.03 Å². The number of benzene rings is 4. The molecular formula is C39H37ClN6O6S. The van der Waals surface area contributed by atoms with Crippen LogP contribution in [0.3, 0.4) is 0 Å². The van der Waals surface area contributed by atoms with Crippen LogP contribution in [0.1, 0.15) is 22.1 Å². The maximum Gasteiger partial charge on any atom is 0.334 e. The van der Waals surface area contributed by atoms with Crippen LogP contribution in [0.4, 0.5) is 4.79 Å². The van der Waals surface area contributed by atoms with E-state index in [1.165, 1.54) is 51.2 Å². The van der Waals surface area contributed by atoms with Gasteiger partial charge in [-0.05, 0) is 59.0 Å². The molecule has 14 heteroatoms. The number of aromatic amines is 1. The number of aromatic hydroxyl groups is 1. The van der Waals surface area contributed by atoms with E-state index in [4.69, 9.17) is 11.6 Å². The van der Waals surface area contributed by atoms with Crippen LogP contribution < -0.4 is 5.32 Å². The molecule has 1 aromatic heterocycles. The summed E-state index contributed by atoms with van der Waals surface area (Å²) in [4.78, 5) is 49.2. The Labute approximate surface area is 311 Å². The van der Waals surface area contributed by atoms with Crippen LogP contribution in [-0.4, -0.2) is 88.0 Å². The van der Waals surface area contributed by atoms with E-state index in [0.29, 0.717) is 21.7 Å². The normalized spacial score (nSPS) is 18.5. The van der Waals surface area contributed by atoms with Crippen LogP contribution in [0.5, 0.6) is 5.75 Å². The number of sulfone groups is 1. The Morgan fingerprint density at radius 2 is 1.70 bits per heavy atom. The van der Waals surface area contributed by atoms with E-state index in [1.54, 1.807) is 41.5 Å². The Morgan fingerprint density at radius 1 is 0.962 bits per heavy atom. The average Bonchev–Trinajstić information content (AvgIpc) is 3.64. The maximum atomic E-state index is 15.1. The molecule has 3 atom stereocenters. The minimum absolute atomic E-state index is 0.0147. The molecule has 4 amide bonds. The fourth-order valence-corrected chi connectivity index (χ4v) is 9.11. The summed E-state index contributed by atoms with van der Waals surface area (Å²) in [6, 6.07) is 26.6. The molecule has 0 saturated carbocycles. The smallest absolute Gasteiger partial charge is 0.334 e. The van der Waals surface area contributed by atoms with Gasteiger partial charge in [0, 0.05) is 36.3 Å². The van der Waals surface area contributed by atoms with Crippen LogP contribution >= 0.6 is 11.6 Å². The summed E-state index contributed by atoms with van der Waals surface area (Å²) < 4.78 is 29.9. The van der Waals surface area contributed by atoms with Crippen molar-refractivity contribution < 1.29 is 27.9 Å². The lowest BCUT2D eigenvalue weighted by Gasteiger charge is -2.56. The van der Waals surface area contributed by atoms with Crippen LogP contribution in [-0.2, 0) is 32.4 Å². The molecule has 4 aromatic carbocycles. The number of halogens is 1. The molecule has 0 spiro atoms. The predicted octanol–water partition coefficient (Wildman–Crippen LogP) is 5.24. The van der Waals surface area contributed by atoms with Crippen molar-refractivity contribution in [3.05, 3.63) is 144 Å². The van der Waals surface area contributed by atoms with Crippen molar-refractivity contribution in [3.63, 3.8) is 0 Å². The lowest BCUT2D eigenvalue weighted by atomic mass is 9.98. The lowest BCUT2D eigenvalue weighted by molar-refractivity contribution is -0.189. The van der Waals surface area contributed by atoms with Crippen LogP contribution in [0.2, 0.25) is 5.02 Å². The summed E-state index contributed by atoms with van der Waals surface area (Å²) in [6.45, 7) is 3.58. The Hall–Kier alpha value is -5.63. The minimum atomic E-state index is -4.39. The first kappa shape index (κ1) is 35.8. The number of hydrogen-bond acceptors (Lipinski definition) is 7. The fraction of sp³-hybridized carbons (Fsp3) is 0.205. The molecule has 7 rings (SSSR count). The predicted molar refractivity (Wildman–Crippen MR) is 200 cm³/mol. The van der Waals surface area contributed by atoms with Gasteiger partial charge in [-0.15, -0.1) is 6.58 Å². The molecule has 2 unspecified atom stereocenters. The number of aromatic nitrogens is 1. The number of amides is 4. The minimum Gasteiger partial charge on any atom is -0.508 e. The number of nitrogens with zero attached hydrogens (tertiary/aromatic N) is 4. The van der Waals surface area contributed by atoms with E-state index >= 15 is 4.79 Å². The molecule has 2 aliphatic rings. The highest BCUT2D eigenvalue weighted by molar-refractivity contribution is 7.91. The summed E-state index contributed by atoms with van der Waals surface area (Å²) in [5, 5.41) is 15.4. The van der Waals surface area contributed by atoms with Crippen LogP contribution in [0.15, 0.2) is 127 Å². The number of carbonyl (C=O) groups is 3. The molecule has 0 aliphatic carbocycles. The van der Waals surface area contributed by atoms with E-state index < -0.39 is 45.3 Å². The van der Waals surface area contributed by atoms with E-state index in [9.17, 15) is 23.1 Å². The van der Waals surface area contributed by atoms with Gasteiger partial charge in [0.25, 0.3) is 0 Å². The van der Waals surface area contributed by atoms with Crippen molar-refractivity contribution in [1.29, 1.82) is 0 Å². The van der Waals surface area contributed by atoms with Crippen molar-refractivity contribution in [2.24, 2.45) is 0 Å². The molecule has 2 aliphatic heterocycles. The standard InChI is InChI=1S/C39H37ClN6O6S/c1-2-21-43-25-35(48)45-33(22-26-11-15-30(47)16-12-26)37(49)44(24-34(45)46(43)39(50)42-23-27-7-4-3-5-8-27)38(32-10-6-9-28-19-20-41-36(28)32)53(51,52)31-17-13-29(40)14-18-31/h2-20,33-34,38,41,47H,1,21-25H2,(H,42,50)/t33?,34-,38?/m0/s1. The van der Waals surface area contributed by atoms with Crippen LogP contribution in [0, 0.1) is 0 Å². The summed E-state index contributed by atoms with van der Waals surface area (Å²) >= 11 is 6.17. The number of para-hydroxylation sites is 1. The summed E-state index contributed by atoms with van der Waals surface area (Å²) in [7, 11) is -4.39. The van der Waals surface area contributed by atoms with E-state index in [0.717, 1.165) is 10.9 Å². The Balaban J connectivity index is 1.39. The average molecular weight is 753 g/mol. The van der Waals surface area contributed by atoms with Crippen molar-refractivity contribution >= 4 is 50.2 Å². The molecule has 272 valence electrons. The summed E-state index contributed by atoms with van der Waals surface area (Å²) in [5.74, 6) is -1.01. The molecule has 3 heterocycles. The molecule has 0 bridgehead atoms. The third-order valence-electron chi connectivity index (χ3n) is 9.58. The summed E-state index contributed by atoms with van der Waals surface area (Å²) in [5.41, 5.74) is 2.30. The number of nitrogens with one attached hydrogen (secondary N) is 2. The monoisotopic (exact) mass is 752 g/mol. The Morgan fingerprint density at radius 3 is 2.42 bits per heavy atom. The summed E-state index contributed by atoms with van der Waals surface area (Å²) in [6.07, 6.45) is 2.13. The molecule has 2 fully saturated rings. The van der Waals surface area contributed by atoms with Gasteiger partial charge in [0.1, 0.15) is 18.0 Å². The van der Waals surface area contributed by atoms with E-state index in [2.05, 4.69) is 16.9 Å². The quantitative estimate of drug-likeness (QED) is 0.166. The zero-order chi connectivity index (χ0) is 37.3. The van der Waals surface area contributed by atoms with Gasteiger partial charge < -0.3 is 25.2 Å².